The van der Waals surface area contributed by atoms with E-state index in [0.29, 0.717) is 0 Å². The molecule has 0 radical (unpaired) electrons. The van der Waals surface area contributed by atoms with Crippen LogP contribution in [0.4, 0.5) is 0 Å². The Kier molecular flexibility index (Phi) is 7.00. The van der Waals surface area contributed by atoms with Crippen molar-refractivity contribution in [3.05, 3.63) is 59.3 Å². The summed E-state index contributed by atoms with van der Waals surface area (Å²) in [6.07, 6.45) is 4.22. The number of hydrogen-bond donors (Lipinski definition) is 0. The second-order valence-electron chi connectivity index (χ2n) is 5.43. The van der Waals surface area contributed by atoms with E-state index in [1.54, 1.807) is 0 Å². The number of benzene rings is 1. The minimum Gasteiger partial charge on any atom is -0.262 e. The van der Waals surface area contributed by atoms with E-state index >= 15 is 0 Å². The van der Waals surface area contributed by atoms with Gasteiger partial charge in [-0.3, -0.25) is 4.99 Å². The molecule has 108 valence electrons. The highest BCUT2D eigenvalue weighted by atomic mass is 14.8. The first-order valence-electron chi connectivity index (χ1n) is 7.48. The molecule has 20 heavy (non-hydrogen) atoms. The molecule has 1 aromatic carbocycles. The zero-order valence-electron chi connectivity index (χ0n) is 13.4. The summed E-state index contributed by atoms with van der Waals surface area (Å²) in [5.41, 5.74) is 6.14. The van der Waals surface area contributed by atoms with Gasteiger partial charge in [0, 0.05) is 11.4 Å². The summed E-state index contributed by atoms with van der Waals surface area (Å²) < 4.78 is 0. The van der Waals surface area contributed by atoms with Gasteiger partial charge in [0.2, 0.25) is 0 Å². The van der Waals surface area contributed by atoms with Crippen molar-refractivity contribution in [1.29, 1.82) is 0 Å². The molecule has 0 bridgehead atoms. The molecule has 0 atom stereocenters. The minimum atomic E-state index is 1.01. The predicted octanol–water partition coefficient (Wildman–Crippen LogP) is 5.73. The van der Waals surface area contributed by atoms with E-state index in [9.17, 15) is 0 Å². The van der Waals surface area contributed by atoms with Crippen LogP contribution < -0.4 is 0 Å². The molecule has 1 heteroatoms. The summed E-state index contributed by atoms with van der Waals surface area (Å²) in [4.78, 5) is 4.84. The van der Waals surface area contributed by atoms with Gasteiger partial charge in [-0.05, 0) is 51.2 Å². The van der Waals surface area contributed by atoms with Gasteiger partial charge in [-0.25, -0.2) is 0 Å². The first kappa shape index (κ1) is 16.4. The van der Waals surface area contributed by atoms with Gasteiger partial charge in [-0.15, -0.1) is 0 Å². The van der Waals surface area contributed by atoms with Crippen LogP contribution >= 0.6 is 0 Å². The maximum absolute atomic E-state index is 4.84. The summed E-state index contributed by atoms with van der Waals surface area (Å²) >= 11 is 0. The number of aliphatic imine (C=N–C) groups is 1. The van der Waals surface area contributed by atoms with Gasteiger partial charge in [0.1, 0.15) is 0 Å². The number of hydrogen-bond acceptors (Lipinski definition) is 1. The Bertz CT molecular complexity index is 492. The fourth-order valence-electron chi connectivity index (χ4n) is 2.07. The highest BCUT2D eigenvalue weighted by molar-refractivity contribution is 5.83. The summed E-state index contributed by atoms with van der Waals surface area (Å²) in [6.45, 7) is 12.5. The molecular weight excluding hydrogens is 242 g/mol. The molecule has 0 aliphatic rings. The van der Waals surface area contributed by atoms with Crippen LogP contribution in [0.15, 0.2) is 58.7 Å². The average Bonchev–Trinajstić information content (AvgIpc) is 2.45. The van der Waals surface area contributed by atoms with Crippen molar-refractivity contribution < 1.29 is 0 Å². The third-order valence-corrected chi connectivity index (χ3v) is 3.50. The second kappa shape index (κ2) is 8.52. The molecule has 1 rings (SSSR count). The Labute approximate surface area is 124 Å². The molecule has 0 aliphatic carbocycles. The van der Waals surface area contributed by atoms with Crippen molar-refractivity contribution in [1.82, 2.24) is 0 Å². The lowest BCUT2D eigenvalue weighted by molar-refractivity contribution is 0.874. The van der Waals surface area contributed by atoms with Crippen LogP contribution in [-0.4, -0.2) is 5.71 Å². The monoisotopic (exact) mass is 269 g/mol. The fraction of sp³-hybridized carbons (Fsp3) is 0.421. The molecular formula is C19H27N. The first-order chi connectivity index (χ1) is 9.54. The van der Waals surface area contributed by atoms with Crippen LogP contribution in [0, 0.1) is 0 Å². The van der Waals surface area contributed by atoms with E-state index in [4.69, 9.17) is 4.99 Å². The van der Waals surface area contributed by atoms with Crippen molar-refractivity contribution in [2.45, 2.75) is 53.4 Å². The Morgan fingerprint density at radius 1 is 1.05 bits per heavy atom. The fourth-order valence-corrected chi connectivity index (χ4v) is 2.07. The quantitative estimate of drug-likeness (QED) is 0.443. The third-order valence-electron chi connectivity index (χ3n) is 3.50. The zero-order valence-corrected chi connectivity index (χ0v) is 13.4. The number of aryl methyl sites for hydroxylation is 1. The van der Waals surface area contributed by atoms with Gasteiger partial charge in [0.05, 0.1) is 0 Å². The van der Waals surface area contributed by atoms with Gasteiger partial charge in [-0.1, -0.05) is 55.8 Å². The van der Waals surface area contributed by atoms with Crippen LogP contribution in [0.2, 0.25) is 0 Å². The van der Waals surface area contributed by atoms with Gasteiger partial charge < -0.3 is 0 Å². The lowest BCUT2D eigenvalue weighted by atomic mass is 10.1. The van der Waals surface area contributed by atoms with E-state index in [1.807, 2.05) is 0 Å². The molecule has 0 fully saturated rings. The molecule has 0 aromatic heterocycles. The lowest BCUT2D eigenvalue weighted by Crippen LogP contribution is -1.98. The summed E-state index contributed by atoms with van der Waals surface area (Å²) in [5.74, 6) is 0. The molecule has 0 heterocycles. The molecule has 0 saturated carbocycles. The molecule has 0 unspecified atom stereocenters. The molecule has 0 amide bonds. The normalized spacial score (nSPS) is 13.1. The highest BCUT2D eigenvalue weighted by Gasteiger charge is 2.03. The van der Waals surface area contributed by atoms with Crippen molar-refractivity contribution >= 4 is 5.71 Å². The first-order valence-corrected chi connectivity index (χ1v) is 7.48. The molecule has 0 saturated heterocycles. The molecule has 1 aromatic rings. The van der Waals surface area contributed by atoms with Gasteiger partial charge >= 0.3 is 0 Å². The predicted molar refractivity (Wildman–Crippen MR) is 90.3 cm³/mol. The maximum Gasteiger partial charge on any atom is 0.0434 e. The zero-order chi connectivity index (χ0) is 15.0. The Morgan fingerprint density at radius 2 is 1.70 bits per heavy atom. The van der Waals surface area contributed by atoms with Crippen molar-refractivity contribution in [3.63, 3.8) is 0 Å². The standard InChI is InChI=1S/C19H27N/c1-6-10-19(17(5)15(2)3)20-16(4)13-14-18-11-8-7-9-12-18/h7-9,11-12H,2,6,10,13-14H2,1,3-5H3/b19-17+,20-16?. The molecule has 1 nitrogen and oxygen atoms in total. The number of nitrogens with zero attached hydrogens (tertiary/aromatic N) is 1. The van der Waals surface area contributed by atoms with Gasteiger partial charge in [0.15, 0.2) is 0 Å². The van der Waals surface area contributed by atoms with Crippen LogP contribution in [0.25, 0.3) is 0 Å². The maximum atomic E-state index is 4.84. The van der Waals surface area contributed by atoms with E-state index < -0.39 is 0 Å². The van der Waals surface area contributed by atoms with E-state index in [1.165, 1.54) is 22.5 Å². The topological polar surface area (TPSA) is 12.4 Å². The van der Waals surface area contributed by atoms with E-state index in [2.05, 4.69) is 64.6 Å². The van der Waals surface area contributed by atoms with Crippen LogP contribution in [0.3, 0.4) is 0 Å². The largest absolute Gasteiger partial charge is 0.262 e. The Morgan fingerprint density at radius 3 is 2.25 bits per heavy atom. The smallest absolute Gasteiger partial charge is 0.0434 e. The molecule has 0 N–H and O–H groups in total. The Balaban J connectivity index is 2.74. The average molecular weight is 269 g/mol. The van der Waals surface area contributed by atoms with Crippen molar-refractivity contribution in [2.75, 3.05) is 0 Å². The SMILES string of the molecule is C=C(C)/C(C)=C(\CCC)N=C(C)CCc1ccccc1. The molecule has 0 aliphatic heterocycles. The van der Waals surface area contributed by atoms with Crippen LogP contribution in [0.5, 0.6) is 0 Å². The molecule has 0 spiro atoms. The second-order valence-corrected chi connectivity index (χ2v) is 5.43. The van der Waals surface area contributed by atoms with Crippen molar-refractivity contribution in [2.24, 2.45) is 4.99 Å². The van der Waals surface area contributed by atoms with Crippen molar-refractivity contribution in [3.8, 4) is 0 Å². The van der Waals surface area contributed by atoms with E-state index in [0.717, 1.165) is 31.3 Å². The Hall–Kier alpha value is -1.63. The number of rotatable bonds is 7. The highest BCUT2D eigenvalue weighted by Crippen LogP contribution is 2.19. The third kappa shape index (κ3) is 5.56. The van der Waals surface area contributed by atoms with Crippen LogP contribution in [0.1, 0.15) is 52.5 Å². The van der Waals surface area contributed by atoms with Gasteiger partial charge in [0.25, 0.3) is 0 Å². The van der Waals surface area contributed by atoms with Crippen LogP contribution in [-0.2, 0) is 6.42 Å². The minimum absolute atomic E-state index is 1.01. The summed E-state index contributed by atoms with van der Waals surface area (Å²) in [6, 6.07) is 10.6. The van der Waals surface area contributed by atoms with Gasteiger partial charge in [-0.2, -0.15) is 0 Å². The summed E-state index contributed by atoms with van der Waals surface area (Å²) in [7, 11) is 0. The lowest BCUT2D eigenvalue weighted by Gasteiger charge is -2.09. The van der Waals surface area contributed by atoms with E-state index in [-0.39, 0.29) is 0 Å². The number of allylic oxidation sites excluding steroid dienone is 3. The summed E-state index contributed by atoms with van der Waals surface area (Å²) in [5, 5.41) is 0.